The maximum absolute atomic E-state index is 10.4. The maximum Gasteiger partial charge on any atom is 0.142 e. The number of piperidine rings is 1. The summed E-state index contributed by atoms with van der Waals surface area (Å²) in [6.45, 7) is 8.80. The molecule has 9 nitrogen and oxygen atoms in total. The summed E-state index contributed by atoms with van der Waals surface area (Å²) in [7, 11) is 3.44. The van der Waals surface area contributed by atoms with Crippen molar-refractivity contribution >= 4 is 5.69 Å². The third-order valence-corrected chi connectivity index (χ3v) is 7.87. The fourth-order valence-corrected chi connectivity index (χ4v) is 5.69. The van der Waals surface area contributed by atoms with Crippen LogP contribution in [0.2, 0.25) is 0 Å². The molecule has 1 unspecified atom stereocenters. The summed E-state index contributed by atoms with van der Waals surface area (Å²) in [5, 5.41) is 13.9. The van der Waals surface area contributed by atoms with Crippen molar-refractivity contribution in [2.75, 3.05) is 78.3 Å². The average Bonchev–Trinajstić information content (AvgIpc) is 3.02. The van der Waals surface area contributed by atoms with E-state index in [1.807, 2.05) is 12.1 Å². The lowest BCUT2D eigenvalue weighted by Crippen LogP contribution is -2.51. The van der Waals surface area contributed by atoms with Crippen LogP contribution in [0, 0.1) is 0 Å². The standard InChI is InChI=1S/C33H50N2O7/c1-4-7-27(36)24-42-32-22-34-21-31(33(32)26-9-11-28(12-10-26)39-18-6-17-38-3)41-23-25-8-13-30-29(20-25)35(15-19-40-30)14-5-16-37-2/h8-13,20,27,31-34,36H,4-7,14-19,21-24H2,1-3H3/t27?,31-,32+,33+/m0/s1. The van der Waals surface area contributed by atoms with E-state index in [0.717, 1.165) is 73.7 Å². The second-order valence-electron chi connectivity index (χ2n) is 11.1. The number of anilines is 1. The van der Waals surface area contributed by atoms with E-state index < -0.39 is 6.10 Å². The Morgan fingerprint density at radius 3 is 2.50 bits per heavy atom. The van der Waals surface area contributed by atoms with E-state index >= 15 is 0 Å². The summed E-state index contributed by atoms with van der Waals surface area (Å²) >= 11 is 0. The van der Waals surface area contributed by atoms with Gasteiger partial charge in [0.2, 0.25) is 0 Å². The van der Waals surface area contributed by atoms with Crippen molar-refractivity contribution in [3.63, 3.8) is 0 Å². The smallest absolute Gasteiger partial charge is 0.142 e. The molecule has 4 atom stereocenters. The number of rotatable bonds is 18. The highest BCUT2D eigenvalue weighted by atomic mass is 16.5. The Labute approximate surface area is 251 Å². The molecule has 1 fully saturated rings. The first-order chi connectivity index (χ1) is 20.6. The minimum Gasteiger partial charge on any atom is -0.494 e. The number of hydrogen-bond donors (Lipinski definition) is 2. The van der Waals surface area contributed by atoms with Gasteiger partial charge in [0, 0.05) is 59.4 Å². The van der Waals surface area contributed by atoms with Crippen LogP contribution >= 0.6 is 0 Å². The number of ether oxygens (including phenoxy) is 6. The molecule has 2 aliphatic heterocycles. The number of nitrogens with zero attached hydrogens (tertiary/aromatic N) is 1. The van der Waals surface area contributed by atoms with Crippen LogP contribution < -0.4 is 19.7 Å². The fraction of sp³-hybridized carbons (Fsp3) is 0.636. The van der Waals surface area contributed by atoms with Crippen molar-refractivity contribution in [1.82, 2.24) is 5.32 Å². The number of nitrogens with one attached hydrogen (secondary N) is 1. The zero-order valence-electron chi connectivity index (χ0n) is 25.6. The van der Waals surface area contributed by atoms with E-state index in [0.29, 0.717) is 46.1 Å². The normalized spacial score (nSPS) is 21.0. The molecule has 2 aromatic rings. The molecule has 0 amide bonds. The minimum absolute atomic E-state index is 0.00845. The molecule has 9 heteroatoms. The predicted molar refractivity (Wildman–Crippen MR) is 164 cm³/mol. The lowest BCUT2D eigenvalue weighted by molar-refractivity contribution is -0.0783. The Kier molecular flexibility index (Phi) is 13.7. The molecule has 2 aromatic carbocycles. The lowest BCUT2D eigenvalue weighted by Gasteiger charge is -2.39. The molecule has 1 saturated heterocycles. The highest BCUT2D eigenvalue weighted by molar-refractivity contribution is 5.61. The molecule has 2 aliphatic rings. The monoisotopic (exact) mass is 586 g/mol. The van der Waals surface area contributed by atoms with Crippen LogP contribution in [0.4, 0.5) is 5.69 Å². The largest absolute Gasteiger partial charge is 0.494 e. The van der Waals surface area contributed by atoms with Gasteiger partial charge >= 0.3 is 0 Å². The van der Waals surface area contributed by atoms with Gasteiger partial charge in [-0.15, -0.1) is 0 Å². The van der Waals surface area contributed by atoms with Gasteiger partial charge in [0.15, 0.2) is 0 Å². The first-order valence-corrected chi connectivity index (χ1v) is 15.5. The molecule has 0 spiro atoms. The highest BCUT2D eigenvalue weighted by Gasteiger charge is 2.36. The van der Waals surface area contributed by atoms with Gasteiger partial charge in [-0.25, -0.2) is 0 Å². The van der Waals surface area contributed by atoms with Crippen LogP contribution in [0.5, 0.6) is 11.5 Å². The third kappa shape index (κ3) is 9.56. The molecule has 0 bridgehead atoms. The predicted octanol–water partition coefficient (Wildman–Crippen LogP) is 4.16. The summed E-state index contributed by atoms with van der Waals surface area (Å²) in [6, 6.07) is 14.6. The van der Waals surface area contributed by atoms with Crippen LogP contribution in [-0.2, 0) is 25.6 Å². The Morgan fingerprint density at radius 1 is 0.976 bits per heavy atom. The van der Waals surface area contributed by atoms with Gasteiger partial charge in [-0.3, -0.25) is 0 Å². The van der Waals surface area contributed by atoms with Crippen LogP contribution in [0.25, 0.3) is 0 Å². The summed E-state index contributed by atoms with van der Waals surface area (Å²) in [5.74, 6) is 1.76. The zero-order valence-corrected chi connectivity index (χ0v) is 25.6. The van der Waals surface area contributed by atoms with E-state index in [9.17, 15) is 5.11 Å². The zero-order chi connectivity index (χ0) is 29.6. The van der Waals surface area contributed by atoms with Gasteiger partial charge in [-0.2, -0.15) is 0 Å². The highest BCUT2D eigenvalue weighted by Crippen LogP contribution is 2.35. The number of benzene rings is 2. The third-order valence-electron chi connectivity index (χ3n) is 7.87. The molecular formula is C33H50N2O7. The van der Waals surface area contributed by atoms with Crippen LogP contribution in [0.3, 0.4) is 0 Å². The van der Waals surface area contributed by atoms with Crippen LogP contribution in [0.1, 0.15) is 49.7 Å². The lowest BCUT2D eigenvalue weighted by atomic mass is 9.85. The molecule has 42 heavy (non-hydrogen) atoms. The van der Waals surface area contributed by atoms with Crippen molar-refractivity contribution < 1.29 is 33.5 Å². The Bertz CT molecular complexity index is 1040. The van der Waals surface area contributed by atoms with Crippen molar-refractivity contribution in [2.24, 2.45) is 0 Å². The van der Waals surface area contributed by atoms with E-state index in [4.69, 9.17) is 28.4 Å². The van der Waals surface area contributed by atoms with Gasteiger partial charge in [-0.05, 0) is 48.2 Å². The van der Waals surface area contributed by atoms with E-state index in [2.05, 4.69) is 47.5 Å². The van der Waals surface area contributed by atoms with Gasteiger partial charge in [0.1, 0.15) is 18.1 Å². The average molecular weight is 587 g/mol. The number of hydrogen-bond acceptors (Lipinski definition) is 9. The van der Waals surface area contributed by atoms with E-state index in [1.165, 1.54) is 0 Å². The van der Waals surface area contributed by atoms with Crippen molar-refractivity contribution in [3.05, 3.63) is 53.6 Å². The first-order valence-electron chi connectivity index (χ1n) is 15.5. The Morgan fingerprint density at radius 2 is 1.74 bits per heavy atom. The summed E-state index contributed by atoms with van der Waals surface area (Å²) in [5.41, 5.74) is 3.36. The minimum atomic E-state index is -0.468. The molecule has 234 valence electrons. The molecule has 0 aromatic heterocycles. The SMILES string of the molecule is CCCC(O)CO[C@@H]1CNC[C@H](OCc2ccc3c(c2)N(CCCOC)CCO3)[C@H]1c1ccc(OCCCOC)cc1. The fourth-order valence-electron chi connectivity index (χ4n) is 5.69. The Hall–Kier alpha value is -2.40. The van der Waals surface area contributed by atoms with Gasteiger partial charge < -0.3 is 43.7 Å². The van der Waals surface area contributed by atoms with E-state index in [-0.39, 0.29) is 18.1 Å². The number of methoxy groups -OCH3 is 2. The van der Waals surface area contributed by atoms with Crippen molar-refractivity contribution in [1.29, 1.82) is 0 Å². The number of aliphatic hydroxyl groups is 1. The van der Waals surface area contributed by atoms with E-state index in [1.54, 1.807) is 14.2 Å². The molecule has 2 N–H and O–H groups in total. The van der Waals surface area contributed by atoms with Crippen LogP contribution in [0.15, 0.2) is 42.5 Å². The second kappa shape index (κ2) is 17.7. The summed E-state index contributed by atoms with van der Waals surface area (Å²) < 4.78 is 35.2. The molecule has 0 radical (unpaired) electrons. The quantitative estimate of drug-likeness (QED) is 0.250. The molecule has 0 saturated carbocycles. The maximum atomic E-state index is 10.4. The van der Waals surface area contributed by atoms with Gasteiger partial charge in [0.25, 0.3) is 0 Å². The topological polar surface area (TPSA) is 90.9 Å². The van der Waals surface area contributed by atoms with Gasteiger partial charge in [0.05, 0.1) is 50.4 Å². The molecule has 0 aliphatic carbocycles. The Balaban J connectivity index is 1.46. The number of aliphatic hydroxyl groups excluding tert-OH is 1. The summed E-state index contributed by atoms with van der Waals surface area (Å²) in [6.07, 6.45) is 2.76. The summed E-state index contributed by atoms with van der Waals surface area (Å²) in [4.78, 5) is 2.37. The van der Waals surface area contributed by atoms with Crippen molar-refractivity contribution in [3.8, 4) is 11.5 Å². The van der Waals surface area contributed by atoms with Crippen molar-refractivity contribution in [2.45, 2.75) is 63.4 Å². The van der Waals surface area contributed by atoms with Crippen LogP contribution in [-0.4, -0.2) is 96.9 Å². The first kappa shape index (κ1) is 32.5. The molecular weight excluding hydrogens is 536 g/mol. The molecule has 4 rings (SSSR count). The second-order valence-corrected chi connectivity index (χ2v) is 11.1. The molecule has 2 heterocycles. The number of fused-ring (bicyclic) bond motifs is 1. The van der Waals surface area contributed by atoms with Gasteiger partial charge in [-0.1, -0.05) is 31.5 Å².